The van der Waals surface area contributed by atoms with Gasteiger partial charge in [0.25, 0.3) is 5.82 Å². The quantitative estimate of drug-likeness (QED) is 0.465. The average Bonchev–Trinajstić information content (AvgIpc) is 2.65. The third-order valence-electron chi connectivity index (χ3n) is 6.21. The average molecular weight is 369 g/mol. The second kappa shape index (κ2) is 6.51. The minimum Gasteiger partial charge on any atom is -0.290 e. The van der Waals surface area contributed by atoms with Crippen LogP contribution in [0.4, 0.5) is 5.82 Å². The van der Waals surface area contributed by atoms with E-state index >= 15 is 0 Å². The van der Waals surface area contributed by atoms with Gasteiger partial charge < -0.3 is 0 Å². The van der Waals surface area contributed by atoms with Gasteiger partial charge in [-0.25, -0.2) is 4.57 Å². The molecule has 2 aromatic carbocycles. The van der Waals surface area contributed by atoms with Gasteiger partial charge in [0.05, 0.1) is 12.7 Å². The molecule has 1 aliphatic heterocycles. The molecule has 0 fully saturated rings. The van der Waals surface area contributed by atoms with Gasteiger partial charge in [-0.3, -0.25) is 4.81 Å². The fourth-order valence-corrected chi connectivity index (χ4v) is 5.03. The van der Waals surface area contributed by atoms with Gasteiger partial charge in [0.15, 0.2) is 0 Å². The number of anilines is 1. The molecule has 1 aliphatic rings. The van der Waals surface area contributed by atoms with Gasteiger partial charge in [0.1, 0.15) is 5.52 Å². The van der Waals surface area contributed by atoms with Crippen molar-refractivity contribution in [2.45, 2.75) is 41.4 Å². The van der Waals surface area contributed by atoms with Crippen molar-refractivity contribution < 1.29 is 4.57 Å². The van der Waals surface area contributed by atoms with Crippen molar-refractivity contribution in [2.24, 2.45) is 12.5 Å². The zero-order valence-corrected chi connectivity index (χ0v) is 18.2. The van der Waals surface area contributed by atoms with Crippen LogP contribution in [0.3, 0.4) is 0 Å². The molecule has 0 spiro atoms. The van der Waals surface area contributed by atoms with Crippen LogP contribution >= 0.6 is 0 Å². The Bertz CT molecular complexity index is 1200. The third kappa shape index (κ3) is 2.76. The first-order valence-corrected chi connectivity index (χ1v) is 10.2. The molecule has 0 radical (unpaired) electrons. The topological polar surface area (TPSA) is 7.12 Å². The highest BCUT2D eigenvalue weighted by Gasteiger charge is 2.41. The molecule has 0 N–H and O–H groups in total. The van der Waals surface area contributed by atoms with Gasteiger partial charge in [0, 0.05) is 16.7 Å². The number of fused-ring (bicyclic) bond motifs is 2. The maximum absolute atomic E-state index is 2.53. The number of aromatic nitrogens is 1. The van der Waals surface area contributed by atoms with E-state index in [2.05, 4.69) is 112 Å². The lowest BCUT2D eigenvalue weighted by Gasteiger charge is -2.34. The Labute approximate surface area is 168 Å². The van der Waals surface area contributed by atoms with E-state index < -0.39 is 0 Å². The highest BCUT2D eigenvalue weighted by atomic mass is 15.2. The highest BCUT2D eigenvalue weighted by Crippen LogP contribution is 2.34. The van der Waals surface area contributed by atoms with Crippen molar-refractivity contribution in [3.8, 4) is 0 Å². The number of benzene rings is 2. The van der Waals surface area contributed by atoms with Crippen molar-refractivity contribution in [2.75, 3.05) is 4.81 Å². The molecule has 0 atom stereocenters. The van der Waals surface area contributed by atoms with Crippen molar-refractivity contribution in [1.29, 1.82) is 0 Å². The summed E-state index contributed by atoms with van der Waals surface area (Å²) in [6.45, 7) is 14.1. The lowest BCUT2D eigenvalue weighted by molar-refractivity contribution is -0.631. The fourth-order valence-electron chi connectivity index (χ4n) is 5.03. The minimum absolute atomic E-state index is 0.0962. The molecule has 1 aromatic heterocycles. The second-order valence-corrected chi connectivity index (χ2v) is 9.10. The molecule has 2 nitrogen and oxygen atoms in total. The minimum atomic E-state index is 0.0962. The summed E-state index contributed by atoms with van der Waals surface area (Å²) in [5, 5.41) is 4.06. The zero-order valence-electron chi connectivity index (χ0n) is 18.2. The lowest BCUT2D eigenvalue weighted by atomic mass is 9.47. The third-order valence-corrected chi connectivity index (χ3v) is 6.21. The number of pyridine rings is 1. The molecule has 3 aromatic rings. The van der Waals surface area contributed by atoms with E-state index in [9.17, 15) is 0 Å². The molecule has 4 rings (SSSR count). The molecule has 0 bridgehead atoms. The monoisotopic (exact) mass is 369 g/mol. The molecule has 0 unspecified atom stereocenters. The predicted molar refractivity (Wildman–Crippen MR) is 122 cm³/mol. The number of hydrogen-bond acceptors (Lipinski definition) is 1. The number of hydrogen-bond donors (Lipinski definition) is 0. The zero-order chi connectivity index (χ0) is 20.2. The standard InChI is InChI=1S/C25H30BN2/c1-17-16-23(27(7)22-15-11-10-12-19(17)22)28-18(2)20-13-8-9-14-21(20)24(26(28)6)25(3,4)5/h8-16H,1-7H3/q+1. The van der Waals surface area contributed by atoms with Gasteiger partial charge in [-0.05, 0) is 48.4 Å². The van der Waals surface area contributed by atoms with Crippen molar-refractivity contribution in [3.63, 3.8) is 0 Å². The largest absolute Gasteiger partial charge is 0.406 e. The normalized spacial score (nSPS) is 14.7. The van der Waals surface area contributed by atoms with Crippen molar-refractivity contribution in [1.82, 2.24) is 0 Å². The van der Waals surface area contributed by atoms with Gasteiger partial charge in [-0.15, -0.1) is 0 Å². The second-order valence-electron chi connectivity index (χ2n) is 9.10. The maximum Gasteiger partial charge on any atom is 0.406 e. The van der Waals surface area contributed by atoms with E-state index in [-0.39, 0.29) is 5.41 Å². The number of nitrogens with zero attached hydrogens (tertiary/aromatic N) is 2. The first-order valence-electron chi connectivity index (χ1n) is 10.2. The van der Waals surface area contributed by atoms with Crippen LogP contribution in [0.1, 0.15) is 33.3 Å². The van der Waals surface area contributed by atoms with E-state index in [1.165, 1.54) is 43.9 Å². The van der Waals surface area contributed by atoms with E-state index in [1.54, 1.807) is 0 Å². The van der Waals surface area contributed by atoms with E-state index in [4.69, 9.17) is 0 Å². The molecule has 3 heteroatoms. The summed E-state index contributed by atoms with van der Waals surface area (Å²) < 4.78 is 2.34. The number of rotatable bonds is 1. The van der Waals surface area contributed by atoms with Crippen LogP contribution in [-0.4, -0.2) is 6.85 Å². The van der Waals surface area contributed by atoms with E-state index in [0.29, 0.717) is 6.85 Å². The molecule has 2 heterocycles. The number of aryl methyl sites for hydroxylation is 2. The molecule has 0 amide bonds. The van der Waals surface area contributed by atoms with Crippen LogP contribution in [0.25, 0.3) is 22.1 Å². The molecule has 0 saturated heterocycles. The molecular formula is C25H30BN2+. The SMILES string of the molecule is CB1C(C(C)(C)C)=c2ccccc2=C(C)N1c1cc(C)c2ccccc2[n+]1C. The number of para-hydroxylation sites is 1. The van der Waals surface area contributed by atoms with Gasteiger partial charge in [-0.2, -0.15) is 0 Å². The molecular weight excluding hydrogens is 339 g/mol. The van der Waals surface area contributed by atoms with Gasteiger partial charge in [-0.1, -0.05) is 63.2 Å². The summed E-state index contributed by atoms with van der Waals surface area (Å²) in [6, 6.07) is 19.9. The smallest absolute Gasteiger partial charge is 0.290 e. The Morgan fingerprint density at radius 2 is 1.50 bits per heavy atom. The first-order chi connectivity index (χ1) is 13.2. The summed E-state index contributed by atoms with van der Waals surface area (Å²) in [5.41, 5.74) is 5.51. The van der Waals surface area contributed by atoms with Gasteiger partial charge in [0.2, 0.25) is 0 Å². The summed E-state index contributed by atoms with van der Waals surface area (Å²) in [7, 11) is 2.19. The Morgan fingerprint density at radius 1 is 0.893 bits per heavy atom. The van der Waals surface area contributed by atoms with Crippen LogP contribution in [0.2, 0.25) is 6.82 Å². The Balaban J connectivity index is 2.08. The Hall–Kier alpha value is -2.55. The van der Waals surface area contributed by atoms with E-state index in [0.717, 1.165) is 0 Å². The molecule has 0 aliphatic carbocycles. The fraction of sp³-hybridized carbons (Fsp3) is 0.320. The van der Waals surface area contributed by atoms with Crippen LogP contribution in [0.5, 0.6) is 0 Å². The molecule has 0 saturated carbocycles. The van der Waals surface area contributed by atoms with E-state index in [1.807, 2.05) is 0 Å². The van der Waals surface area contributed by atoms with Crippen molar-refractivity contribution >= 4 is 34.7 Å². The van der Waals surface area contributed by atoms with Crippen LogP contribution in [0.15, 0.2) is 54.6 Å². The summed E-state index contributed by atoms with van der Waals surface area (Å²) in [4.78, 5) is 2.53. The van der Waals surface area contributed by atoms with Crippen molar-refractivity contribution in [3.05, 3.63) is 70.6 Å². The summed E-state index contributed by atoms with van der Waals surface area (Å²) in [5.74, 6) is 1.25. The van der Waals surface area contributed by atoms with Crippen LogP contribution < -0.4 is 19.8 Å². The Morgan fingerprint density at radius 3 is 2.18 bits per heavy atom. The summed E-state index contributed by atoms with van der Waals surface area (Å²) in [6.07, 6.45) is 0. The van der Waals surface area contributed by atoms with Crippen LogP contribution in [0, 0.1) is 12.3 Å². The first kappa shape index (κ1) is 18.8. The maximum atomic E-state index is 2.53. The van der Waals surface area contributed by atoms with Crippen LogP contribution in [-0.2, 0) is 7.05 Å². The Kier molecular flexibility index (Phi) is 4.37. The molecule has 142 valence electrons. The lowest BCUT2D eigenvalue weighted by Crippen LogP contribution is -2.55. The molecule has 28 heavy (non-hydrogen) atoms. The predicted octanol–water partition coefficient (Wildman–Crippen LogP) is 3.98. The van der Waals surface area contributed by atoms with Gasteiger partial charge >= 0.3 is 6.85 Å². The summed E-state index contributed by atoms with van der Waals surface area (Å²) >= 11 is 0. The highest BCUT2D eigenvalue weighted by molar-refractivity contribution is 6.81.